The number of fused-ring (bicyclic) bond motifs is 1. The second-order valence-corrected chi connectivity index (χ2v) is 7.85. The molecule has 2 aliphatic rings. The van der Waals surface area contributed by atoms with E-state index >= 15 is 0 Å². The van der Waals surface area contributed by atoms with E-state index in [9.17, 15) is 24.0 Å². The van der Waals surface area contributed by atoms with Crippen molar-refractivity contribution in [1.29, 1.82) is 0 Å². The van der Waals surface area contributed by atoms with Crippen LogP contribution in [0.2, 0.25) is 0 Å². The summed E-state index contributed by atoms with van der Waals surface area (Å²) in [6.45, 7) is 3.51. The number of hydroxylamine groups is 1. The van der Waals surface area contributed by atoms with Gasteiger partial charge < -0.3 is 20.9 Å². The molecule has 2 heterocycles. The zero-order valence-corrected chi connectivity index (χ0v) is 17.4. The molecule has 0 saturated carbocycles. The molecule has 2 fully saturated rings. The lowest BCUT2D eigenvalue weighted by Gasteiger charge is -2.30. The predicted octanol–water partition coefficient (Wildman–Crippen LogP) is -1.06. The van der Waals surface area contributed by atoms with Crippen LogP contribution in [0.1, 0.15) is 58.8 Å². The number of carbonyl (C=O) groups is 5. The topological polar surface area (TPSA) is 157 Å². The predicted molar refractivity (Wildman–Crippen MR) is 105 cm³/mol. The molecule has 2 saturated heterocycles. The zero-order chi connectivity index (χ0) is 22.3. The van der Waals surface area contributed by atoms with Gasteiger partial charge in [0.1, 0.15) is 24.2 Å². The van der Waals surface area contributed by atoms with Gasteiger partial charge in [0.15, 0.2) is 0 Å². The average molecular weight is 425 g/mol. The average Bonchev–Trinajstić information content (AvgIpc) is 3.20. The van der Waals surface area contributed by atoms with E-state index in [1.165, 1.54) is 11.8 Å². The van der Waals surface area contributed by atoms with Gasteiger partial charge >= 0.3 is 0 Å². The smallest absolute Gasteiger partial charge is 0.245 e. The van der Waals surface area contributed by atoms with Gasteiger partial charge in [-0.1, -0.05) is 12.8 Å². The molecule has 11 nitrogen and oxygen atoms in total. The maximum absolute atomic E-state index is 12.8. The first-order valence-corrected chi connectivity index (χ1v) is 10.4. The fourth-order valence-corrected chi connectivity index (χ4v) is 3.73. The van der Waals surface area contributed by atoms with Crippen molar-refractivity contribution in [2.75, 3.05) is 6.54 Å². The van der Waals surface area contributed by atoms with Gasteiger partial charge in [-0.3, -0.25) is 29.2 Å². The number of rotatable bonds is 6. The lowest BCUT2D eigenvalue weighted by atomic mass is 10.0. The summed E-state index contributed by atoms with van der Waals surface area (Å²) in [5.74, 6) is -2.12. The summed E-state index contributed by atoms with van der Waals surface area (Å²) >= 11 is 0. The van der Waals surface area contributed by atoms with Crippen LogP contribution in [0.5, 0.6) is 0 Å². The van der Waals surface area contributed by atoms with E-state index in [-0.39, 0.29) is 18.2 Å². The van der Waals surface area contributed by atoms with E-state index in [0.717, 1.165) is 0 Å². The third-order valence-corrected chi connectivity index (χ3v) is 5.47. The minimum absolute atomic E-state index is 0.161. The summed E-state index contributed by atoms with van der Waals surface area (Å²) in [5, 5.41) is 16.4. The molecule has 2 aliphatic heterocycles. The summed E-state index contributed by atoms with van der Waals surface area (Å²) in [7, 11) is 0. The lowest BCUT2D eigenvalue weighted by molar-refractivity contribution is -0.143. The highest BCUT2D eigenvalue weighted by Gasteiger charge is 2.38. The summed E-state index contributed by atoms with van der Waals surface area (Å²) in [6.07, 6.45) is 3.36. The Kier molecular flexibility index (Phi) is 8.58. The fraction of sp³-hybridized carbons (Fsp3) is 0.737. The van der Waals surface area contributed by atoms with Gasteiger partial charge in [0.2, 0.25) is 29.5 Å². The van der Waals surface area contributed by atoms with E-state index < -0.39 is 41.9 Å². The third kappa shape index (κ3) is 6.15. The molecule has 11 heteroatoms. The van der Waals surface area contributed by atoms with Gasteiger partial charge in [-0.2, -0.15) is 0 Å². The summed E-state index contributed by atoms with van der Waals surface area (Å²) in [5.41, 5.74) is 1.56. The van der Waals surface area contributed by atoms with E-state index in [1.54, 1.807) is 12.4 Å². The van der Waals surface area contributed by atoms with Crippen LogP contribution in [-0.2, 0) is 24.0 Å². The monoisotopic (exact) mass is 425 g/mol. The van der Waals surface area contributed by atoms with E-state index in [4.69, 9.17) is 5.21 Å². The van der Waals surface area contributed by atoms with Gasteiger partial charge in [0, 0.05) is 13.0 Å². The van der Waals surface area contributed by atoms with Gasteiger partial charge in [-0.05, 0) is 39.5 Å². The number of hydrogen-bond acceptors (Lipinski definition) is 6. The number of nitrogens with zero attached hydrogens (tertiary/aromatic N) is 1. The van der Waals surface area contributed by atoms with Crippen LogP contribution in [-0.4, -0.2) is 70.4 Å². The summed E-state index contributed by atoms with van der Waals surface area (Å²) < 4.78 is 0. The van der Waals surface area contributed by atoms with Crippen molar-refractivity contribution in [2.45, 2.75) is 83.0 Å². The number of amides is 5. The molecule has 168 valence electrons. The van der Waals surface area contributed by atoms with Crippen molar-refractivity contribution in [2.24, 2.45) is 0 Å². The number of hydrogen-bond donors (Lipinski definition) is 5. The van der Waals surface area contributed by atoms with Crippen molar-refractivity contribution in [3.05, 3.63) is 0 Å². The van der Waals surface area contributed by atoms with Crippen molar-refractivity contribution in [1.82, 2.24) is 26.3 Å². The summed E-state index contributed by atoms with van der Waals surface area (Å²) in [4.78, 5) is 63.1. The molecule has 0 radical (unpaired) electrons. The van der Waals surface area contributed by atoms with Crippen LogP contribution in [0, 0.1) is 0 Å². The summed E-state index contributed by atoms with van der Waals surface area (Å²) in [6, 6.07) is -3.18. The highest BCUT2D eigenvalue weighted by atomic mass is 16.5. The molecule has 5 amide bonds. The largest absolute Gasteiger partial charge is 0.343 e. The van der Waals surface area contributed by atoms with E-state index in [2.05, 4.69) is 16.0 Å². The molecule has 0 aromatic rings. The molecule has 30 heavy (non-hydrogen) atoms. The van der Waals surface area contributed by atoms with Crippen LogP contribution in [0.4, 0.5) is 0 Å². The molecule has 0 aliphatic carbocycles. The van der Waals surface area contributed by atoms with Gasteiger partial charge in [-0.15, -0.1) is 0 Å². The number of nitrogens with one attached hydrogen (secondary N) is 4. The van der Waals surface area contributed by atoms with Crippen LogP contribution in [0.3, 0.4) is 0 Å². The van der Waals surface area contributed by atoms with Crippen LogP contribution >= 0.6 is 0 Å². The van der Waals surface area contributed by atoms with Gasteiger partial charge in [0.25, 0.3) is 0 Å². The minimum atomic E-state index is -0.866. The lowest BCUT2D eigenvalue weighted by Crippen LogP contribution is -2.60. The second kappa shape index (κ2) is 10.9. The first-order valence-electron chi connectivity index (χ1n) is 10.4. The van der Waals surface area contributed by atoms with E-state index in [1.807, 2.05) is 0 Å². The third-order valence-electron chi connectivity index (χ3n) is 5.47. The maximum Gasteiger partial charge on any atom is 0.245 e. The first-order chi connectivity index (χ1) is 14.2. The quantitative estimate of drug-likeness (QED) is 0.207. The second-order valence-electron chi connectivity index (χ2n) is 7.85. The Bertz CT molecular complexity index is 684. The van der Waals surface area contributed by atoms with Crippen LogP contribution in [0.25, 0.3) is 0 Å². The first kappa shape index (κ1) is 23.6. The molecule has 4 atom stereocenters. The SMILES string of the molecule is C[C@@H]1NC(=O)[C@H](CCCCCC(=O)NO)NC(=O)[C@H]2CCCN2C(=O)[C@H](C)NC1=O. The van der Waals surface area contributed by atoms with Crippen LogP contribution in [0.15, 0.2) is 0 Å². The number of carbonyl (C=O) groups excluding carboxylic acids is 5. The molecular formula is C19H31N5O6. The molecule has 0 spiro atoms. The minimum Gasteiger partial charge on any atom is -0.343 e. The highest BCUT2D eigenvalue weighted by molar-refractivity contribution is 5.97. The van der Waals surface area contributed by atoms with Crippen molar-refractivity contribution < 1.29 is 29.2 Å². The molecular weight excluding hydrogens is 394 g/mol. The Hall–Kier alpha value is -2.69. The van der Waals surface area contributed by atoms with Gasteiger partial charge in [0.05, 0.1) is 0 Å². The van der Waals surface area contributed by atoms with E-state index in [0.29, 0.717) is 45.1 Å². The molecule has 0 unspecified atom stereocenters. The standard InChI is InChI=1S/C19H31N5O6/c1-11-16(26)21-12(2)19(29)24-10-6-8-14(24)18(28)22-13(17(27)20-11)7-4-3-5-9-15(25)23-30/h11-14,30H,3-10H2,1-2H3,(H,20,27)(H,21,26)(H,22,28)(H,23,25)/t11-,12-,13-,14+/m0/s1. The van der Waals surface area contributed by atoms with Crippen molar-refractivity contribution >= 4 is 29.5 Å². The number of unbranched alkanes of at least 4 members (excludes halogenated alkanes) is 2. The Labute approximate surface area is 175 Å². The fourth-order valence-electron chi connectivity index (χ4n) is 3.73. The Morgan fingerprint density at radius 1 is 1.00 bits per heavy atom. The van der Waals surface area contributed by atoms with Crippen molar-refractivity contribution in [3.8, 4) is 0 Å². The molecule has 5 N–H and O–H groups in total. The molecule has 2 rings (SSSR count). The Morgan fingerprint density at radius 2 is 1.70 bits per heavy atom. The highest BCUT2D eigenvalue weighted by Crippen LogP contribution is 2.19. The maximum atomic E-state index is 12.8. The normalized spacial score (nSPS) is 27.9. The van der Waals surface area contributed by atoms with Crippen LogP contribution < -0.4 is 21.4 Å². The Morgan fingerprint density at radius 3 is 2.40 bits per heavy atom. The van der Waals surface area contributed by atoms with Crippen molar-refractivity contribution in [3.63, 3.8) is 0 Å². The Balaban J connectivity index is 2.08. The molecule has 0 bridgehead atoms. The van der Waals surface area contributed by atoms with Gasteiger partial charge in [-0.25, -0.2) is 5.48 Å². The molecule has 0 aromatic heterocycles. The molecule has 0 aromatic carbocycles. The zero-order valence-electron chi connectivity index (χ0n) is 17.4.